The van der Waals surface area contributed by atoms with Crippen LogP contribution < -0.4 is 9.54 Å². The van der Waals surface area contributed by atoms with E-state index in [2.05, 4.69) is 4.99 Å². The van der Waals surface area contributed by atoms with Gasteiger partial charge >= 0.3 is 5.97 Å². The first kappa shape index (κ1) is 18.8. The summed E-state index contributed by atoms with van der Waals surface area (Å²) in [5, 5.41) is 0. The Morgan fingerprint density at radius 2 is 1.96 bits per heavy atom. The zero-order chi connectivity index (χ0) is 19.4. The molecule has 3 aromatic rings. The number of esters is 1. The number of thiazole rings is 1. The number of carbonyl (C=O) groups is 2. The summed E-state index contributed by atoms with van der Waals surface area (Å²) in [4.78, 5) is 29.4. The first-order valence-corrected chi connectivity index (χ1v) is 9.32. The molecule has 0 radical (unpaired) electrons. The van der Waals surface area contributed by atoms with Crippen LogP contribution >= 0.6 is 11.3 Å². The summed E-state index contributed by atoms with van der Waals surface area (Å²) in [5.41, 5.74) is 2.20. The Morgan fingerprint density at radius 3 is 2.67 bits per heavy atom. The van der Waals surface area contributed by atoms with E-state index < -0.39 is 5.97 Å². The number of ether oxygens (including phenoxy) is 2. The number of methoxy groups -OCH3 is 1. The zero-order valence-corrected chi connectivity index (χ0v) is 16.2. The highest BCUT2D eigenvalue weighted by Gasteiger charge is 2.16. The number of aromatic nitrogens is 1. The second-order valence-corrected chi connectivity index (χ2v) is 6.88. The standard InChI is InChI=1S/C20H20N2O4S/c1-4-26-17(23)12-22-18-15(25-3)9-6-10-16(18)27-20(22)21-19(24)14-8-5-7-13(2)11-14/h5-11H,4,12H2,1-3H3. The lowest BCUT2D eigenvalue weighted by Crippen LogP contribution is -2.23. The number of hydrogen-bond donors (Lipinski definition) is 0. The summed E-state index contributed by atoms with van der Waals surface area (Å²) < 4.78 is 13.1. The zero-order valence-electron chi connectivity index (χ0n) is 15.4. The van der Waals surface area contributed by atoms with Crippen molar-refractivity contribution in [1.82, 2.24) is 4.57 Å². The number of rotatable bonds is 5. The van der Waals surface area contributed by atoms with Crippen LogP contribution in [0.15, 0.2) is 47.5 Å². The molecule has 0 aliphatic rings. The minimum atomic E-state index is -0.396. The molecule has 1 amide bonds. The molecule has 3 rings (SSSR count). The van der Waals surface area contributed by atoms with E-state index in [1.165, 1.54) is 11.3 Å². The first-order valence-electron chi connectivity index (χ1n) is 8.51. The van der Waals surface area contributed by atoms with Crippen LogP contribution in [0.3, 0.4) is 0 Å². The number of para-hydroxylation sites is 1. The SMILES string of the molecule is CCOC(=O)Cn1c(=NC(=O)c2cccc(C)c2)sc2cccc(OC)c21. The van der Waals surface area contributed by atoms with Crippen LogP contribution in [0.25, 0.3) is 10.2 Å². The monoisotopic (exact) mass is 384 g/mol. The Balaban J connectivity index is 2.16. The Kier molecular flexibility index (Phi) is 5.71. The van der Waals surface area contributed by atoms with Crippen LogP contribution in [0.1, 0.15) is 22.8 Å². The third-order valence-corrected chi connectivity index (χ3v) is 4.98. The highest BCUT2D eigenvalue weighted by Crippen LogP contribution is 2.27. The smallest absolute Gasteiger partial charge is 0.326 e. The van der Waals surface area contributed by atoms with E-state index in [1.807, 2.05) is 37.3 Å². The van der Waals surface area contributed by atoms with Gasteiger partial charge in [-0.1, -0.05) is 35.1 Å². The maximum Gasteiger partial charge on any atom is 0.326 e. The third-order valence-electron chi connectivity index (χ3n) is 3.94. The van der Waals surface area contributed by atoms with Crippen LogP contribution in [0.4, 0.5) is 0 Å². The van der Waals surface area contributed by atoms with Crippen LogP contribution in [-0.2, 0) is 16.1 Å². The van der Waals surface area contributed by atoms with Crippen molar-refractivity contribution >= 4 is 33.4 Å². The van der Waals surface area contributed by atoms with E-state index in [9.17, 15) is 9.59 Å². The molecule has 7 heteroatoms. The summed E-state index contributed by atoms with van der Waals surface area (Å²) in [5.74, 6) is -0.146. The molecule has 0 aliphatic heterocycles. The van der Waals surface area contributed by atoms with Crippen molar-refractivity contribution in [2.24, 2.45) is 4.99 Å². The van der Waals surface area contributed by atoms with Crippen molar-refractivity contribution in [1.29, 1.82) is 0 Å². The van der Waals surface area contributed by atoms with Crippen molar-refractivity contribution in [3.05, 3.63) is 58.4 Å². The fourth-order valence-electron chi connectivity index (χ4n) is 2.76. The lowest BCUT2D eigenvalue weighted by molar-refractivity contribution is -0.143. The van der Waals surface area contributed by atoms with Gasteiger partial charge in [0.25, 0.3) is 5.91 Å². The summed E-state index contributed by atoms with van der Waals surface area (Å²) in [6.45, 7) is 3.91. The molecule has 0 N–H and O–H groups in total. The van der Waals surface area contributed by atoms with Gasteiger partial charge in [-0.15, -0.1) is 0 Å². The molecule has 0 atom stereocenters. The third kappa shape index (κ3) is 4.09. The van der Waals surface area contributed by atoms with Gasteiger partial charge in [0.2, 0.25) is 0 Å². The van der Waals surface area contributed by atoms with E-state index in [0.29, 0.717) is 21.6 Å². The van der Waals surface area contributed by atoms with Gasteiger partial charge in [-0.05, 0) is 38.1 Å². The molecule has 0 saturated carbocycles. The predicted molar refractivity (Wildman–Crippen MR) is 104 cm³/mol. The van der Waals surface area contributed by atoms with E-state index >= 15 is 0 Å². The van der Waals surface area contributed by atoms with Crippen molar-refractivity contribution in [2.75, 3.05) is 13.7 Å². The fraction of sp³-hybridized carbons (Fsp3) is 0.250. The Morgan fingerprint density at radius 1 is 1.19 bits per heavy atom. The molecule has 0 unspecified atom stereocenters. The van der Waals surface area contributed by atoms with Crippen LogP contribution in [0.2, 0.25) is 0 Å². The molecule has 1 aromatic heterocycles. The predicted octanol–water partition coefficient (Wildman–Crippen LogP) is 3.32. The fourth-order valence-corrected chi connectivity index (χ4v) is 3.80. The average Bonchev–Trinajstić information content (AvgIpc) is 2.99. The number of fused-ring (bicyclic) bond motifs is 1. The van der Waals surface area contributed by atoms with Gasteiger partial charge in [0.1, 0.15) is 17.8 Å². The van der Waals surface area contributed by atoms with Gasteiger partial charge in [-0.3, -0.25) is 9.59 Å². The summed E-state index contributed by atoms with van der Waals surface area (Å²) in [6.07, 6.45) is 0. The summed E-state index contributed by atoms with van der Waals surface area (Å²) in [6, 6.07) is 12.8. The average molecular weight is 384 g/mol. The maximum absolute atomic E-state index is 12.6. The van der Waals surface area contributed by atoms with Crippen molar-refractivity contribution < 1.29 is 19.1 Å². The molecule has 1 heterocycles. The molecule has 0 bridgehead atoms. The highest BCUT2D eigenvalue weighted by atomic mass is 32.1. The molecule has 0 aliphatic carbocycles. The lowest BCUT2D eigenvalue weighted by Gasteiger charge is -2.08. The molecular weight excluding hydrogens is 364 g/mol. The Bertz CT molecular complexity index is 1070. The minimum absolute atomic E-state index is 0.0475. The van der Waals surface area contributed by atoms with Crippen molar-refractivity contribution in [3.8, 4) is 5.75 Å². The number of carbonyl (C=O) groups excluding carboxylic acids is 2. The molecule has 6 nitrogen and oxygen atoms in total. The highest BCUT2D eigenvalue weighted by molar-refractivity contribution is 7.16. The molecule has 0 saturated heterocycles. The number of amides is 1. The van der Waals surface area contributed by atoms with E-state index in [0.717, 1.165) is 10.3 Å². The van der Waals surface area contributed by atoms with Gasteiger partial charge in [0.05, 0.1) is 18.4 Å². The molecular formula is C20H20N2O4S. The normalized spacial score (nSPS) is 11.6. The molecule has 0 fully saturated rings. The molecule has 140 valence electrons. The van der Waals surface area contributed by atoms with Gasteiger partial charge < -0.3 is 14.0 Å². The van der Waals surface area contributed by atoms with Crippen molar-refractivity contribution in [3.63, 3.8) is 0 Å². The van der Waals surface area contributed by atoms with Crippen molar-refractivity contribution in [2.45, 2.75) is 20.4 Å². The van der Waals surface area contributed by atoms with Gasteiger partial charge in [0.15, 0.2) is 4.80 Å². The lowest BCUT2D eigenvalue weighted by atomic mass is 10.1. The Labute approximate surface area is 160 Å². The molecule has 0 spiro atoms. The van der Waals surface area contributed by atoms with Gasteiger partial charge in [-0.2, -0.15) is 4.99 Å². The molecule has 2 aromatic carbocycles. The number of nitrogens with zero attached hydrogens (tertiary/aromatic N) is 2. The van der Waals surface area contributed by atoms with Gasteiger partial charge in [-0.25, -0.2) is 0 Å². The van der Waals surface area contributed by atoms with Crippen LogP contribution in [-0.4, -0.2) is 30.2 Å². The first-order chi connectivity index (χ1) is 13.0. The quantitative estimate of drug-likeness (QED) is 0.633. The Hall–Kier alpha value is -2.93. The molecule has 27 heavy (non-hydrogen) atoms. The number of hydrogen-bond acceptors (Lipinski definition) is 5. The van der Waals surface area contributed by atoms with E-state index in [-0.39, 0.29) is 19.1 Å². The summed E-state index contributed by atoms with van der Waals surface area (Å²) >= 11 is 1.33. The number of aryl methyl sites for hydroxylation is 1. The summed E-state index contributed by atoms with van der Waals surface area (Å²) in [7, 11) is 1.57. The minimum Gasteiger partial charge on any atom is -0.495 e. The topological polar surface area (TPSA) is 69.9 Å². The van der Waals surface area contributed by atoms with Crippen LogP contribution in [0.5, 0.6) is 5.75 Å². The van der Waals surface area contributed by atoms with E-state index in [4.69, 9.17) is 9.47 Å². The van der Waals surface area contributed by atoms with E-state index in [1.54, 1.807) is 30.7 Å². The van der Waals surface area contributed by atoms with Gasteiger partial charge in [0, 0.05) is 5.56 Å². The van der Waals surface area contributed by atoms with Crippen LogP contribution in [0, 0.1) is 6.92 Å². The largest absolute Gasteiger partial charge is 0.495 e. The maximum atomic E-state index is 12.6. The second-order valence-electron chi connectivity index (χ2n) is 5.87. The number of benzene rings is 2. The second kappa shape index (κ2) is 8.18.